The largest absolute Gasteiger partial charge is 0.487 e. The lowest BCUT2D eigenvalue weighted by Crippen LogP contribution is -2.18. The van der Waals surface area contributed by atoms with E-state index in [1.165, 1.54) is 5.57 Å². The van der Waals surface area contributed by atoms with E-state index in [9.17, 15) is 0 Å². The normalized spacial score (nSPS) is 18.8. The molecule has 128 valence electrons. The monoisotopic (exact) mass is 339 g/mol. The lowest BCUT2D eigenvalue weighted by atomic mass is 9.97. The van der Waals surface area contributed by atoms with Crippen LogP contribution in [0.2, 0.25) is 0 Å². The van der Waals surface area contributed by atoms with Crippen molar-refractivity contribution in [3.8, 4) is 0 Å². The molecule has 0 saturated heterocycles. The first-order chi connectivity index (χ1) is 12.9. The summed E-state index contributed by atoms with van der Waals surface area (Å²) < 4.78 is 6.21. The molecule has 1 unspecified atom stereocenters. The molecule has 1 aliphatic carbocycles. The Morgan fingerprint density at radius 2 is 1.77 bits per heavy atom. The maximum atomic E-state index is 6.21. The van der Waals surface area contributed by atoms with Gasteiger partial charge in [0.05, 0.1) is 11.8 Å². The summed E-state index contributed by atoms with van der Waals surface area (Å²) in [6.45, 7) is 0.505. The van der Waals surface area contributed by atoms with Gasteiger partial charge in [-0.25, -0.2) is 0 Å². The molecule has 0 bridgehead atoms. The molecule has 2 nitrogen and oxygen atoms in total. The van der Waals surface area contributed by atoms with E-state index in [0.29, 0.717) is 6.61 Å². The van der Waals surface area contributed by atoms with Crippen molar-refractivity contribution < 1.29 is 4.74 Å². The van der Waals surface area contributed by atoms with Crippen molar-refractivity contribution in [2.24, 2.45) is 4.99 Å². The summed E-state index contributed by atoms with van der Waals surface area (Å²) in [6.07, 6.45) is 13.6. The van der Waals surface area contributed by atoms with Crippen LogP contribution in [-0.2, 0) is 4.74 Å². The van der Waals surface area contributed by atoms with Crippen LogP contribution >= 0.6 is 0 Å². The molecule has 1 heterocycles. The van der Waals surface area contributed by atoms with E-state index in [1.54, 1.807) is 0 Å². The maximum absolute atomic E-state index is 6.21. The van der Waals surface area contributed by atoms with Gasteiger partial charge < -0.3 is 4.74 Å². The van der Waals surface area contributed by atoms with Gasteiger partial charge in [-0.3, -0.25) is 4.99 Å². The summed E-state index contributed by atoms with van der Waals surface area (Å²) in [4.78, 5) is 4.83. The number of nitrogens with zero attached hydrogens (tertiary/aromatic N) is 1. The van der Waals surface area contributed by atoms with Crippen molar-refractivity contribution >= 4 is 17.5 Å². The summed E-state index contributed by atoms with van der Waals surface area (Å²) in [7, 11) is 0. The van der Waals surface area contributed by atoms with E-state index in [4.69, 9.17) is 9.73 Å². The van der Waals surface area contributed by atoms with E-state index >= 15 is 0 Å². The third kappa shape index (κ3) is 3.92. The number of benzene rings is 2. The highest BCUT2D eigenvalue weighted by molar-refractivity contribution is 5.90. The summed E-state index contributed by atoms with van der Waals surface area (Å²) in [5.74, 6) is 0.869. The molecule has 0 amide bonds. The van der Waals surface area contributed by atoms with Gasteiger partial charge in [-0.05, 0) is 17.2 Å². The van der Waals surface area contributed by atoms with Crippen LogP contribution in [0, 0.1) is 0 Å². The number of fused-ring (bicyclic) bond motifs is 1. The molecule has 0 aromatic heterocycles. The van der Waals surface area contributed by atoms with Crippen LogP contribution in [0.1, 0.15) is 17.5 Å². The molecule has 0 N–H and O–H groups in total. The van der Waals surface area contributed by atoms with E-state index in [-0.39, 0.29) is 6.04 Å². The number of allylic oxidation sites excluding steroid dienone is 3. The average Bonchev–Trinajstić information content (AvgIpc) is 2.72. The van der Waals surface area contributed by atoms with Crippen molar-refractivity contribution in [1.29, 1.82) is 0 Å². The van der Waals surface area contributed by atoms with Crippen LogP contribution in [0.15, 0.2) is 102 Å². The zero-order chi connectivity index (χ0) is 17.6. The molecule has 26 heavy (non-hydrogen) atoms. The van der Waals surface area contributed by atoms with Crippen LogP contribution in [0.5, 0.6) is 0 Å². The summed E-state index contributed by atoms with van der Waals surface area (Å²) in [5.41, 5.74) is 4.55. The van der Waals surface area contributed by atoms with Crippen LogP contribution < -0.4 is 0 Å². The van der Waals surface area contributed by atoms with Gasteiger partial charge in [0, 0.05) is 12.0 Å². The summed E-state index contributed by atoms with van der Waals surface area (Å²) in [5, 5.41) is 0. The van der Waals surface area contributed by atoms with Crippen LogP contribution in [0.3, 0.4) is 0 Å². The first kappa shape index (κ1) is 16.3. The van der Waals surface area contributed by atoms with Crippen molar-refractivity contribution in [3.63, 3.8) is 0 Å². The molecular formula is C24H21NO. The van der Waals surface area contributed by atoms with Crippen LogP contribution in [0.25, 0.3) is 11.8 Å². The lowest BCUT2D eigenvalue weighted by Gasteiger charge is -2.20. The molecule has 0 spiro atoms. The second-order valence-electron chi connectivity index (χ2n) is 6.37. The van der Waals surface area contributed by atoms with Gasteiger partial charge in [0.1, 0.15) is 12.4 Å². The Kier molecular flexibility index (Phi) is 4.92. The number of rotatable bonds is 5. The second kappa shape index (κ2) is 7.83. The second-order valence-corrected chi connectivity index (χ2v) is 6.37. The Morgan fingerprint density at radius 1 is 1.00 bits per heavy atom. The Morgan fingerprint density at radius 3 is 2.58 bits per heavy atom. The van der Waals surface area contributed by atoms with E-state index in [2.05, 4.69) is 60.7 Å². The molecule has 0 fully saturated rings. The molecule has 2 aliphatic rings. The molecule has 2 aromatic rings. The Bertz CT molecular complexity index is 902. The predicted molar refractivity (Wildman–Crippen MR) is 109 cm³/mol. The summed E-state index contributed by atoms with van der Waals surface area (Å²) in [6, 6.07) is 20.6. The van der Waals surface area contributed by atoms with Gasteiger partial charge in [-0.15, -0.1) is 0 Å². The first-order valence-corrected chi connectivity index (χ1v) is 8.94. The zero-order valence-corrected chi connectivity index (χ0v) is 14.6. The number of aliphatic imine (C=N–C) groups is 1. The quantitative estimate of drug-likeness (QED) is 0.523. The van der Waals surface area contributed by atoms with Gasteiger partial charge in [0.15, 0.2) is 0 Å². The van der Waals surface area contributed by atoms with Gasteiger partial charge in [0.2, 0.25) is 0 Å². The average molecular weight is 339 g/mol. The fourth-order valence-electron chi connectivity index (χ4n) is 3.11. The lowest BCUT2D eigenvalue weighted by molar-refractivity contribution is 0.333. The van der Waals surface area contributed by atoms with Crippen molar-refractivity contribution in [2.75, 3.05) is 6.61 Å². The fraction of sp³-hybridized carbons (Fsp3) is 0.125. The Hall–Kier alpha value is -3.13. The van der Waals surface area contributed by atoms with Crippen molar-refractivity contribution in [1.82, 2.24) is 0 Å². The fourth-order valence-corrected chi connectivity index (χ4v) is 3.11. The topological polar surface area (TPSA) is 21.6 Å². The summed E-state index contributed by atoms with van der Waals surface area (Å²) >= 11 is 0. The smallest absolute Gasteiger partial charge is 0.127 e. The molecule has 0 radical (unpaired) electrons. The number of dihydropyridines is 1. The Balaban J connectivity index is 1.53. The third-order valence-electron chi connectivity index (χ3n) is 4.48. The number of hydrogen-bond donors (Lipinski definition) is 0. The van der Waals surface area contributed by atoms with E-state index in [1.807, 2.05) is 36.4 Å². The highest BCUT2D eigenvalue weighted by atomic mass is 16.5. The predicted octanol–water partition coefficient (Wildman–Crippen LogP) is 5.47. The molecular weight excluding hydrogens is 318 g/mol. The van der Waals surface area contributed by atoms with Gasteiger partial charge in [0.25, 0.3) is 0 Å². The number of hydrogen-bond acceptors (Lipinski definition) is 2. The molecule has 2 aromatic carbocycles. The van der Waals surface area contributed by atoms with E-state index in [0.717, 1.165) is 29.0 Å². The molecule has 2 heteroatoms. The number of ether oxygens (including phenoxy) is 1. The van der Waals surface area contributed by atoms with Crippen molar-refractivity contribution in [3.05, 3.63) is 108 Å². The first-order valence-electron chi connectivity index (χ1n) is 8.94. The minimum atomic E-state index is 0.144. The van der Waals surface area contributed by atoms with Gasteiger partial charge >= 0.3 is 0 Å². The van der Waals surface area contributed by atoms with E-state index < -0.39 is 0 Å². The highest BCUT2D eigenvalue weighted by Crippen LogP contribution is 2.23. The van der Waals surface area contributed by atoms with Gasteiger partial charge in [-0.1, -0.05) is 91.0 Å². The minimum absolute atomic E-state index is 0.144. The SMILES string of the molecule is C1=CC2=CCC(COC(=Cc3ccccc3)c3ccccc3)=NC2C=C1. The standard InChI is InChI=1S/C24H21NO/c1-3-9-19(10-4-1)17-24(21-12-5-2-6-13-21)26-18-22-16-15-20-11-7-8-14-23(20)25-22/h1-15,17,23H,16,18H2. The van der Waals surface area contributed by atoms with Crippen molar-refractivity contribution in [2.45, 2.75) is 12.5 Å². The zero-order valence-electron chi connectivity index (χ0n) is 14.6. The Labute approximate surface area is 154 Å². The molecule has 1 aliphatic heterocycles. The minimum Gasteiger partial charge on any atom is -0.487 e. The molecule has 1 atom stereocenters. The van der Waals surface area contributed by atoms with Crippen LogP contribution in [0.4, 0.5) is 0 Å². The highest BCUT2D eigenvalue weighted by Gasteiger charge is 2.16. The maximum Gasteiger partial charge on any atom is 0.127 e. The van der Waals surface area contributed by atoms with Gasteiger partial charge in [-0.2, -0.15) is 0 Å². The van der Waals surface area contributed by atoms with Crippen LogP contribution in [-0.4, -0.2) is 18.4 Å². The third-order valence-corrected chi connectivity index (χ3v) is 4.48. The molecule has 0 saturated carbocycles. The molecule has 4 rings (SSSR count).